The van der Waals surface area contributed by atoms with E-state index in [2.05, 4.69) is 4.90 Å². The van der Waals surface area contributed by atoms with Crippen molar-refractivity contribution in [1.29, 1.82) is 0 Å². The Bertz CT molecular complexity index is 1170. The van der Waals surface area contributed by atoms with Gasteiger partial charge >= 0.3 is 6.09 Å². The lowest BCUT2D eigenvalue weighted by Gasteiger charge is -2.20. The third kappa shape index (κ3) is 4.08. The molecule has 0 saturated heterocycles. The van der Waals surface area contributed by atoms with E-state index in [0.717, 1.165) is 42.1 Å². The van der Waals surface area contributed by atoms with Gasteiger partial charge in [-0.05, 0) is 43.2 Å². The molecule has 1 aromatic heterocycles. The van der Waals surface area contributed by atoms with Gasteiger partial charge in [0.25, 0.3) is 0 Å². The highest BCUT2D eigenvalue weighted by Gasteiger charge is 2.27. The first-order chi connectivity index (χ1) is 15.4. The molecule has 2 heterocycles. The molecule has 0 spiro atoms. The van der Waals surface area contributed by atoms with Crippen LogP contribution in [0.15, 0.2) is 42.5 Å². The maximum atomic E-state index is 14.3. The third-order valence-corrected chi connectivity index (χ3v) is 5.36. The van der Waals surface area contributed by atoms with Crippen LogP contribution < -0.4 is 14.4 Å². The minimum atomic E-state index is -0.459. The first-order valence-electron chi connectivity index (χ1n) is 10.4. The molecule has 1 aliphatic heterocycles. The summed E-state index contributed by atoms with van der Waals surface area (Å²) in [6.07, 6.45) is 1.10. The van der Waals surface area contributed by atoms with Crippen LogP contribution in [0.5, 0.6) is 11.5 Å². The number of amides is 1. The van der Waals surface area contributed by atoms with Crippen LogP contribution in [0, 0.1) is 5.82 Å². The van der Waals surface area contributed by atoms with Gasteiger partial charge in [0.05, 0.1) is 7.11 Å². The minimum absolute atomic E-state index is 0.177. The van der Waals surface area contributed by atoms with Gasteiger partial charge in [-0.15, -0.1) is 0 Å². The zero-order valence-electron chi connectivity index (χ0n) is 18.6. The van der Waals surface area contributed by atoms with E-state index in [1.54, 1.807) is 32.3 Å². The molecule has 166 valence electrons. The van der Waals surface area contributed by atoms with E-state index in [9.17, 15) is 9.18 Å². The maximum absolute atomic E-state index is 14.3. The summed E-state index contributed by atoms with van der Waals surface area (Å²) < 4.78 is 24.7. The van der Waals surface area contributed by atoms with Gasteiger partial charge in [0.2, 0.25) is 0 Å². The topological polar surface area (TPSA) is 67.8 Å². The average molecular weight is 436 g/mol. The number of carbonyl (C=O) groups excluding carboxylic acids is 1. The van der Waals surface area contributed by atoms with Crippen LogP contribution >= 0.6 is 0 Å². The van der Waals surface area contributed by atoms with E-state index in [-0.39, 0.29) is 5.75 Å². The predicted octanol–water partition coefficient (Wildman–Crippen LogP) is 4.61. The van der Waals surface area contributed by atoms with Crippen LogP contribution in [0.25, 0.3) is 11.4 Å². The quantitative estimate of drug-likeness (QED) is 0.582. The van der Waals surface area contributed by atoms with Crippen molar-refractivity contribution in [1.82, 2.24) is 14.9 Å². The van der Waals surface area contributed by atoms with Crippen LogP contribution in [0.3, 0.4) is 0 Å². The monoisotopic (exact) mass is 436 g/mol. The Hall–Kier alpha value is -3.68. The number of ether oxygens (including phenoxy) is 2. The number of anilines is 2. The number of benzene rings is 2. The lowest BCUT2D eigenvalue weighted by molar-refractivity contribution is 0.172. The average Bonchev–Trinajstić information content (AvgIpc) is 3.22. The second-order valence-corrected chi connectivity index (χ2v) is 7.66. The highest BCUT2D eigenvalue weighted by molar-refractivity contribution is 5.73. The molecule has 3 aromatic rings. The molecule has 1 aliphatic rings. The number of fused-ring (bicyclic) bond motifs is 1. The minimum Gasteiger partial charge on any atom is -0.494 e. The molecule has 0 fully saturated rings. The molecular formula is C24H25FN4O3. The van der Waals surface area contributed by atoms with Crippen molar-refractivity contribution in [2.24, 2.45) is 0 Å². The summed E-state index contributed by atoms with van der Waals surface area (Å²) in [7, 11) is 4.70. The standard InChI is InChI=1S/C24H25FN4O3/c1-5-20-18-11-12-29(16-7-6-8-17(14-16)32-24(30)28(2)3)23(18)27-22(26-20)15-9-10-21(31-4)19(25)13-15/h6-10,13-14H,5,11-12H2,1-4H3. The number of methoxy groups -OCH3 is 1. The van der Waals surface area contributed by atoms with Gasteiger partial charge in [0.1, 0.15) is 11.6 Å². The number of nitrogens with zero attached hydrogens (tertiary/aromatic N) is 4. The Morgan fingerprint density at radius 2 is 2.00 bits per heavy atom. The van der Waals surface area contributed by atoms with E-state index in [0.29, 0.717) is 17.1 Å². The zero-order chi connectivity index (χ0) is 22.8. The molecular weight excluding hydrogens is 411 g/mol. The van der Waals surface area contributed by atoms with E-state index >= 15 is 0 Å². The molecule has 4 rings (SSSR count). The van der Waals surface area contributed by atoms with Crippen molar-refractivity contribution in [3.63, 3.8) is 0 Å². The molecule has 7 nitrogen and oxygen atoms in total. The largest absolute Gasteiger partial charge is 0.494 e. The number of aromatic nitrogens is 2. The first kappa shape index (κ1) is 21.5. The van der Waals surface area contributed by atoms with Crippen LogP contribution in [-0.2, 0) is 12.8 Å². The van der Waals surface area contributed by atoms with E-state index < -0.39 is 11.9 Å². The van der Waals surface area contributed by atoms with Crippen molar-refractivity contribution in [2.75, 3.05) is 32.6 Å². The van der Waals surface area contributed by atoms with Gasteiger partial charge < -0.3 is 19.3 Å². The number of aryl methyl sites for hydroxylation is 1. The van der Waals surface area contributed by atoms with Crippen molar-refractivity contribution >= 4 is 17.6 Å². The maximum Gasteiger partial charge on any atom is 0.414 e. The van der Waals surface area contributed by atoms with Gasteiger partial charge in [0.15, 0.2) is 17.4 Å². The summed E-state index contributed by atoms with van der Waals surface area (Å²) in [5.41, 5.74) is 3.47. The smallest absolute Gasteiger partial charge is 0.414 e. The Labute approximate surface area is 186 Å². The Kier molecular flexibility index (Phi) is 5.94. The van der Waals surface area contributed by atoms with E-state index in [1.165, 1.54) is 18.1 Å². The lowest BCUT2D eigenvalue weighted by atomic mass is 10.1. The predicted molar refractivity (Wildman–Crippen MR) is 120 cm³/mol. The fourth-order valence-electron chi connectivity index (χ4n) is 3.71. The fraction of sp³-hybridized carbons (Fsp3) is 0.292. The number of carbonyl (C=O) groups is 1. The highest BCUT2D eigenvalue weighted by atomic mass is 19.1. The molecule has 0 N–H and O–H groups in total. The van der Waals surface area contributed by atoms with Crippen LogP contribution in [0.4, 0.5) is 20.7 Å². The van der Waals surface area contributed by atoms with Crippen LogP contribution in [-0.4, -0.2) is 48.7 Å². The van der Waals surface area contributed by atoms with Crippen molar-refractivity contribution in [3.05, 3.63) is 59.5 Å². The molecule has 8 heteroatoms. The SMILES string of the molecule is CCc1nc(-c2ccc(OC)c(F)c2)nc2c1CCN2c1cccc(OC(=O)N(C)C)c1. The summed E-state index contributed by atoms with van der Waals surface area (Å²) >= 11 is 0. The van der Waals surface area contributed by atoms with Crippen molar-refractivity contribution in [3.8, 4) is 22.9 Å². The van der Waals surface area contributed by atoms with Gasteiger partial charge in [-0.25, -0.2) is 19.2 Å². The van der Waals surface area contributed by atoms with Gasteiger partial charge in [-0.2, -0.15) is 0 Å². The molecule has 2 aromatic carbocycles. The molecule has 0 atom stereocenters. The summed E-state index contributed by atoms with van der Waals surface area (Å²) in [5, 5.41) is 0. The molecule has 0 saturated carbocycles. The summed E-state index contributed by atoms with van der Waals surface area (Å²) in [4.78, 5) is 24.9. The summed E-state index contributed by atoms with van der Waals surface area (Å²) in [6, 6.07) is 12.1. The Morgan fingerprint density at radius 3 is 2.69 bits per heavy atom. The van der Waals surface area contributed by atoms with Crippen molar-refractivity contribution < 1.29 is 18.7 Å². The molecule has 0 radical (unpaired) electrons. The van der Waals surface area contributed by atoms with Crippen molar-refractivity contribution in [2.45, 2.75) is 19.8 Å². The molecule has 0 aliphatic carbocycles. The molecule has 0 unspecified atom stereocenters. The van der Waals surface area contributed by atoms with E-state index in [1.807, 2.05) is 25.1 Å². The number of rotatable bonds is 5. The summed E-state index contributed by atoms with van der Waals surface area (Å²) in [6.45, 7) is 2.77. The second-order valence-electron chi connectivity index (χ2n) is 7.66. The Morgan fingerprint density at radius 1 is 1.19 bits per heavy atom. The number of hydrogen-bond acceptors (Lipinski definition) is 6. The van der Waals surface area contributed by atoms with Crippen LogP contribution in [0.2, 0.25) is 0 Å². The fourth-order valence-corrected chi connectivity index (χ4v) is 3.71. The van der Waals surface area contributed by atoms with Crippen LogP contribution in [0.1, 0.15) is 18.2 Å². The van der Waals surface area contributed by atoms with E-state index in [4.69, 9.17) is 19.4 Å². The molecule has 32 heavy (non-hydrogen) atoms. The first-order valence-corrected chi connectivity index (χ1v) is 10.4. The molecule has 0 bridgehead atoms. The van der Waals surface area contributed by atoms with Gasteiger partial charge in [-0.3, -0.25) is 0 Å². The third-order valence-electron chi connectivity index (χ3n) is 5.36. The zero-order valence-corrected chi connectivity index (χ0v) is 18.6. The highest BCUT2D eigenvalue weighted by Crippen LogP contribution is 2.37. The lowest BCUT2D eigenvalue weighted by Crippen LogP contribution is -2.25. The summed E-state index contributed by atoms with van der Waals surface area (Å²) in [5.74, 6) is 1.43. The molecule has 1 amide bonds. The normalized spacial score (nSPS) is 12.5. The Balaban J connectivity index is 1.73. The van der Waals surface area contributed by atoms with Gasteiger partial charge in [-0.1, -0.05) is 13.0 Å². The van der Waals surface area contributed by atoms with Gasteiger partial charge in [0, 0.05) is 49.2 Å². The number of halogens is 1. The number of hydrogen-bond donors (Lipinski definition) is 0. The second kappa shape index (κ2) is 8.82.